The molecule has 1 unspecified atom stereocenters. The number of nitrogens with one attached hydrogen (secondary N) is 1. The third-order valence-electron chi connectivity index (χ3n) is 4.40. The van der Waals surface area contributed by atoms with Gasteiger partial charge in [0.15, 0.2) is 0 Å². The van der Waals surface area contributed by atoms with E-state index < -0.39 is 35.2 Å². The lowest BCUT2D eigenvalue weighted by Gasteiger charge is -2.49. The third-order valence-corrected chi connectivity index (χ3v) is 5.70. The fraction of sp³-hybridized carbons (Fsp3) is 0.278. The van der Waals surface area contributed by atoms with Gasteiger partial charge in [-0.2, -0.15) is 0 Å². The number of hydrogen-bond acceptors (Lipinski definition) is 6. The van der Waals surface area contributed by atoms with Crippen LogP contribution in [0.25, 0.3) is 0 Å². The number of carboxylic acids is 1. The zero-order valence-corrected chi connectivity index (χ0v) is 15.8. The van der Waals surface area contributed by atoms with Crippen molar-refractivity contribution in [1.82, 2.24) is 10.2 Å². The summed E-state index contributed by atoms with van der Waals surface area (Å²) in [4.78, 5) is 37.7. The Hall–Kier alpha value is -2.82. The Morgan fingerprint density at radius 1 is 1.36 bits per heavy atom. The van der Waals surface area contributed by atoms with Crippen molar-refractivity contribution in [2.75, 3.05) is 5.75 Å². The number of thioether (sulfide) groups is 1. The highest BCUT2D eigenvalue weighted by atomic mass is 32.2. The van der Waals surface area contributed by atoms with Crippen LogP contribution < -0.4 is 11.1 Å². The Kier molecular flexibility index (Phi) is 6.49. The van der Waals surface area contributed by atoms with Crippen LogP contribution in [-0.2, 0) is 14.4 Å². The van der Waals surface area contributed by atoms with Gasteiger partial charge in [0.1, 0.15) is 28.9 Å². The standard InChI is InChI=1S/C18H19N3O5S.H2O/c1-2-3-10-8-27-17-13(16(24)21(17)14(10)18(25)26)20-15(23)12(19)9-4-6-11(22)7-5-9;/h2-7,12-13,17,22H,8,19H2,1H3,(H,20,23)(H,25,26);1H2/b3-2-;/t12?,13-,17-;/m1./s1. The monoisotopic (exact) mass is 407 g/mol. The van der Waals surface area contributed by atoms with E-state index in [0.717, 1.165) is 0 Å². The second-order valence-corrected chi connectivity index (χ2v) is 7.25. The lowest BCUT2D eigenvalue weighted by Crippen LogP contribution is -2.71. The van der Waals surface area contributed by atoms with E-state index in [1.807, 2.05) is 0 Å². The second kappa shape index (κ2) is 8.46. The van der Waals surface area contributed by atoms with Crippen molar-refractivity contribution in [3.63, 3.8) is 0 Å². The van der Waals surface area contributed by atoms with Gasteiger partial charge in [-0.25, -0.2) is 4.79 Å². The first-order valence-corrected chi connectivity index (χ1v) is 9.28. The molecule has 10 heteroatoms. The molecule has 0 aliphatic carbocycles. The number of phenolic OH excluding ortho intramolecular Hbond substituents is 1. The van der Waals surface area contributed by atoms with E-state index in [4.69, 9.17) is 5.73 Å². The number of carboxylic acid groups (broad SMARTS) is 1. The number of phenols is 1. The van der Waals surface area contributed by atoms with Crippen LogP contribution in [0.1, 0.15) is 18.5 Å². The molecule has 1 fully saturated rings. The molecule has 0 bridgehead atoms. The third kappa shape index (κ3) is 3.75. The molecule has 1 aromatic rings. The van der Waals surface area contributed by atoms with Crippen molar-refractivity contribution in [2.45, 2.75) is 24.4 Å². The average molecular weight is 407 g/mol. The van der Waals surface area contributed by atoms with Gasteiger partial charge in [0.05, 0.1) is 0 Å². The minimum Gasteiger partial charge on any atom is -0.508 e. The maximum atomic E-state index is 12.5. The first-order valence-electron chi connectivity index (χ1n) is 8.24. The first-order chi connectivity index (χ1) is 12.8. The molecule has 0 saturated carbocycles. The molecular weight excluding hydrogens is 386 g/mol. The Morgan fingerprint density at radius 3 is 2.57 bits per heavy atom. The number of nitrogens with zero attached hydrogens (tertiary/aromatic N) is 1. The highest BCUT2D eigenvalue weighted by Gasteiger charge is 2.54. The number of carbonyl (C=O) groups is 3. The van der Waals surface area contributed by atoms with Gasteiger partial charge in [-0.15, -0.1) is 11.8 Å². The summed E-state index contributed by atoms with van der Waals surface area (Å²) in [6, 6.07) is 4.06. The van der Waals surface area contributed by atoms with Gasteiger partial charge >= 0.3 is 5.97 Å². The van der Waals surface area contributed by atoms with Gasteiger partial charge in [-0.1, -0.05) is 24.3 Å². The molecule has 0 aromatic heterocycles. The highest BCUT2D eigenvalue weighted by Crippen LogP contribution is 2.40. The van der Waals surface area contributed by atoms with Crippen LogP contribution in [-0.4, -0.2) is 55.5 Å². The quantitative estimate of drug-likeness (QED) is 0.494. The molecule has 0 spiro atoms. The van der Waals surface area contributed by atoms with Crippen LogP contribution >= 0.6 is 11.8 Å². The van der Waals surface area contributed by atoms with Gasteiger partial charge in [0, 0.05) is 5.75 Å². The van der Waals surface area contributed by atoms with Crippen LogP contribution in [0, 0.1) is 0 Å². The molecule has 150 valence electrons. The summed E-state index contributed by atoms with van der Waals surface area (Å²) in [5, 5.41) is 20.9. The normalized spacial score (nSPS) is 22.2. The molecule has 7 N–H and O–H groups in total. The molecular formula is C18H21N3O6S. The average Bonchev–Trinajstić information content (AvgIpc) is 2.65. The fourth-order valence-electron chi connectivity index (χ4n) is 3.05. The maximum Gasteiger partial charge on any atom is 0.352 e. The van der Waals surface area contributed by atoms with Crippen LogP contribution in [0.3, 0.4) is 0 Å². The molecule has 3 rings (SSSR count). The summed E-state index contributed by atoms with van der Waals surface area (Å²) in [6.45, 7) is 1.77. The van der Waals surface area contributed by atoms with E-state index in [9.17, 15) is 24.6 Å². The van der Waals surface area contributed by atoms with Gasteiger partial charge in [-0.3, -0.25) is 14.5 Å². The molecule has 2 aliphatic rings. The van der Waals surface area contributed by atoms with Crippen molar-refractivity contribution < 1.29 is 30.1 Å². The van der Waals surface area contributed by atoms with Crippen LogP contribution in [0.4, 0.5) is 0 Å². The number of aliphatic carboxylic acids is 1. The van der Waals surface area contributed by atoms with Crippen LogP contribution in [0.5, 0.6) is 5.75 Å². The summed E-state index contributed by atoms with van der Waals surface area (Å²) < 4.78 is 0. The van der Waals surface area contributed by atoms with Gasteiger partial charge < -0.3 is 26.7 Å². The number of fused-ring (bicyclic) bond motifs is 1. The van der Waals surface area contributed by atoms with E-state index in [1.165, 1.54) is 40.9 Å². The Labute approximate surface area is 165 Å². The zero-order chi connectivity index (χ0) is 19.7. The van der Waals surface area contributed by atoms with Crippen LogP contribution in [0.15, 0.2) is 47.7 Å². The SMILES string of the molecule is C/C=C\C1=C(C(=O)O)N2C(=O)[C@@H](NC(=O)C(N)c3ccc(O)cc3)[C@H]2SC1.O. The number of amides is 2. The number of benzene rings is 1. The maximum absolute atomic E-state index is 12.5. The molecule has 2 amide bonds. The minimum absolute atomic E-state index is 0. The molecule has 2 heterocycles. The fourth-order valence-corrected chi connectivity index (χ4v) is 4.37. The molecule has 9 nitrogen and oxygen atoms in total. The lowest BCUT2D eigenvalue weighted by molar-refractivity contribution is -0.150. The first kappa shape index (κ1) is 21.5. The Bertz CT molecular complexity index is 851. The van der Waals surface area contributed by atoms with E-state index in [0.29, 0.717) is 16.9 Å². The summed E-state index contributed by atoms with van der Waals surface area (Å²) in [5.41, 5.74) is 6.93. The number of aromatic hydroxyl groups is 1. The predicted molar refractivity (Wildman–Crippen MR) is 103 cm³/mol. The summed E-state index contributed by atoms with van der Waals surface area (Å²) in [5.74, 6) is -1.71. The van der Waals surface area contributed by atoms with Crippen LogP contribution in [0.2, 0.25) is 0 Å². The zero-order valence-electron chi connectivity index (χ0n) is 15.0. The van der Waals surface area contributed by atoms with E-state index in [2.05, 4.69) is 5.32 Å². The largest absolute Gasteiger partial charge is 0.508 e. The van der Waals surface area contributed by atoms with Gasteiger partial charge in [0.2, 0.25) is 5.91 Å². The number of rotatable bonds is 5. The van der Waals surface area contributed by atoms with E-state index >= 15 is 0 Å². The summed E-state index contributed by atoms with van der Waals surface area (Å²) >= 11 is 1.39. The number of carbonyl (C=O) groups excluding carboxylic acids is 2. The topological polar surface area (TPSA) is 164 Å². The van der Waals surface area contributed by atoms with Crippen molar-refractivity contribution in [1.29, 1.82) is 0 Å². The number of allylic oxidation sites excluding steroid dienone is 2. The number of nitrogens with two attached hydrogens (primary N) is 1. The number of β-lactam (4-membered cyclic amide) rings is 1. The molecule has 1 saturated heterocycles. The molecule has 0 radical (unpaired) electrons. The Morgan fingerprint density at radius 2 is 2.00 bits per heavy atom. The van der Waals surface area contributed by atoms with Crippen molar-refractivity contribution in [2.24, 2.45) is 5.73 Å². The summed E-state index contributed by atoms with van der Waals surface area (Å²) in [7, 11) is 0. The van der Waals surface area contributed by atoms with E-state index in [-0.39, 0.29) is 16.9 Å². The van der Waals surface area contributed by atoms with Crippen molar-refractivity contribution in [3.05, 3.63) is 53.3 Å². The van der Waals surface area contributed by atoms with Crippen molar-refractivity contribution >= 4 is 29.5 Å². The molecule has 2 aliphatic heterocycles. The summed E-state index contributed by atoms with van der Waals surface area (Å²) in [6.07, 6.45) is 3.39. The van der Waals surface area contributed by atoms with Gasteiger partial charge in [-0.05, 0) is 30.2 Å². The second-order valence-electron chi connectivity index (χ2n) is 6.14. The highest BCUT2D eigenvalue weighted by molar-refractivity contribution is 8.00. The minimum atomic E-state index is -1.17. The molecule has 1 aromatic carbocycles. The lowest BCUT2D eigenvalue weighted by atomic mass is 10.0. The molecule has 28 heavy (non-hydrogen) atoms. The number of hydrogen-bond donors (Lipinski definition) is 4. The smallest absolute Gasteiger partial charge is 0.352 e. The van der Waals surface area contributed by atoms with Gasteiger partial charge in [0.25, 0.3) is 5.91 Å². The molecule has 3 atom stereocenters. The predicted octanol–water partition coefficient (Wildman–Crippen LogP) is -0.118. The van der Waals surface area contributed by atoms with E-state index in [1.54, 1.807) is 19.1 Å². The van der Waals surface area contributed by atoms with Crippen molar-refractivity contribution in [3.8, 4) is 5.75 Å². The Balaban J connectivity index is 0.00000280.